The first-order valence-electron chi connectivity index (χ1n) is 7.70. The van der Waals surface area contributed by atoms with Gasteiger partial charge in [0.1, 0.15) is 0 Å². The zero-order valence-electron chi connectivity index (χ0n) is 12.7. The monoisotopic (exact) mass is 296 g/mol. The number of carboxylic acid groups (broad SMARTS) is 1. The molecular weight excluding hydrogens is 272 g/mol. The molecule has 0 radical (unpaired) electrons. The summed E-state index contributed by atoms with van der Waals surface area (Å²) in [6, 6.07) is -0.345. The predicted molar refractivity (Wildman–Crippen MR) is 76.5 cm³/mol. The fraction of sp³-hybridized carbons (Fsp3) is 0.800. The highest BCUT2D eigenvalue weighted by Crippen LogP contribution is 2.36. The summed E-state index contributed by atoms with van der Waals surface area (Å²) in [6.45, 7) is 4.65. The third-order valence-corrected chi connectivity index (χ3v) is 4.98. The SMILES string of the molecule is CCN1CC(C(=O)NC2CCCCC2(C)C(=O)O)CC1=O. The van der Waals surface area contributed by atoms with E-state index in [0.717, 1.165) is 12.8 Å². The average molecular weight is 296 g/mol. The molecule has 2 aliphatic rings. The van der Waals surface area contributed by atoms with E-state index in [4.69, 9.17) is 0 Å². The van der Waals surface area contributed by atoms with Gasteiger partial charge < -0.3 is 15.3 Å². The lowest BCUT2D eigenvalue weighted by atomic mass is 9.71. The van der Waals surface area contributed by atoms with Crippen LogP contribution < -0.4 is 5.32 Å². The summed E-state index contributed by atoms with van der Waals surface area (Å²) in [6.07, 6.45) is 3.31. The zero-order chi connectivity index (χ0) is 15.6. The lowest BCUT2D eigenvalue weighted by Crippen LogP contribution is -2.53. The molecule has 3 atom stereocenters. The molecule has 0 spiro atoms. The number of amides is 2. The summed E-state index contributed by atoms with van der Waals surface area (Å²) >= 11 is 0. The standard InChI is InChI=1S/C15H24N2O4/c1-3-17-9-10(8-12(17)18)13(19)16-11-6-4-5-7-15(11,2)14(20)21/h10-11H,3-9H2,1-2H3,(H,16,19)(H,20,21). The van der Waals surface area contributed by atoms with Gasteiger partial charge in [0.15, 0.2) is 0 Å². The van der Waals surface area contributed by atoms with Crippen molar-refractivity contribution >= 4 is 17.8 Å². The van der Waals surface area contributed by atoms with Crippen LogP contribution in [0.2, 0.25) is 0 Å². The largest absolute Gasteiger partial charge is 0.481 e. The van der Waals surface area contributed by atoms with Crippen molar-refractivity contribution < 1.29 is 19.5 Å². The predicted octanol–water partition coefficient (Wildman–Crippen LogP) is 1.00. The Morgan fingerprint density at radius 1 is 1.43 bits per heavy atom. The summed E-state index contributed by atoms with van der Waals surface area (Å²) in [4.78, 5) is 37.2. The van der Waals surface area contributed by atoms with Crippen LogP contribution in [0.4, 0.5) is 0 Å². The maximum atomic E-state index is 12.3. The number of likely N-dealkylation sites (tertiary alicyclic amines) is 1. The number of carboxylic acids is 1. The van der Waals surface area contributed by atoms with E-state index in [9.17, 15) is 19.5 Å². The Morgan fingerprint density at radius 2 is 2.14 bits per heavy atom. The second-order valence-electron chi connectivity index (χ2n) is 6.36. The van der Waals surface area contributed by atoms with Gasteiger partial charge in [0.2, 0.25) is 11.8 Å². The van der Waals surface area contributed by atoms with Crippen molar-refractivity contribution in [2.75, 3.05) is 13.1 Å². The van der Waals surface area contributed by atoms with E-state index in [1.807, 2.05) is 6.92 Å². The normalized spacial score (nSPS) is 33.0. The lowest BCUT2D eigenvalue weighted by Gasteiger charge is -2.38. The van der Waals surface area contributed by atoms with Crippen molar-refractivity contribution in [2.24, 2.45) is 11.3 Å². The molecule has 2 N–H and O–H groups in total. The van der Waals surface area contributed by atoms with Gasteiger partial charge in [0.05, 0.1) is 11.3 Å². The molecule has 1 saturated carbocycles. The fourth-order valence-electron chi connectivity index (χ4n) is 3.36. The summed E-state index contributed by atoms with van der Waals surface area (Å²) in [7, 11) is 0. The Kier molecular flexibility index (Phi) is 4.54. The second kappa shape index (κ2) is 6.03. The van der Waals surface area contributed by atoms with Crippen molar-refractivity contribution in [3.05, 3.63) is 0 Å². The van der Waals surface area contributed by atoms with Gasteiger partial charge in [-0.2, -0.15) is 0 Å². The fourth-order valence-corrected chi connectivity index (χ4v) is 3.36. The first kappa shape index (κ1) is 15.8. The average Bonchev–Trinajstić information content (AvgIpc) is 2.82. The van der Waals surface area contributed by atoms with E-state index in [2.05, 4.69) is 5.32 Å². The van der Waals surface area contributed by atoms with Gasteiger partial charge in [-0.15, -0.1) is 0 Å². The minimum atomic E-state index is -0.902. The van der Waals surface area contributed by atoms with Crippen LogP contribution in [0.3, 0.4) is 0 Å². The molecule has 118 valence electrons. The summed E-state index contributed by atoms with van der Waals surface area (Å²) in [5, 5.41) is 12.4. The van der Waals surface area contributed by atoms with E-state index in [1.54, 1.807) is 11.8 Å². The molecule has 21 heavy (non-hydrogen) atoms. The molecule has 6 nitrogen and oxygen atoms in total. The molecule has 2 amide bonds. The summed E-state index contributed by atoms with van der Waals surface area (Å²) < 4.78 is 0. The second-order valence-corrected chi connectivity index (χ2v) is 6.36. The Balaban J connectivity index is 2.01. The summed E-state index contributed by atoms with van der Waals surface area (Å²) in [5.41, 5.74) is -0.902. The quantitative estimate of drug-likeness (QED) is 0.810. The van der Waals surface area contributed by atoms with Crippen LogP contribution in [0, 0.1) is 11.3 Å². The van der Waals surface area contributed by atoms with Crippen molar-refractivity contribution in [1.29, 1.82) is 0 Å². The molecule has 1 aliphatic carbocycles. The van der Waals surface area contributed by atoms with Crippen LogP contribution in [0.5, 0.6) is 0 Å². The maximum absolute atomic E-state index is 12.3. The molecule has 0 bridgehead atoms. The van der Waals surface area contributed by atoms with Gasteiger partial charge in [-0.1, -0.05) is 12.8 Å². The van der Waals surface area contributed by atoms with E-state index < -0.39 is 11.4 Å². The first-order valence-corrected chi connectivity index (χ1v) is 7.70. The third kappa shape index (κ3) is 3.04. The highest BCUT2D eigenvalue weighted by atomic mass is 16.4. The Morgan fingerprint density at radius 3 is 2.71 bits per heavy atom. The van der Waals surface area contributed by atoms with Crippen LogP contribution >= 0.6 is 0 Å². The number of nitrogens with one attached hydrogen (secondary N) is 1. The first-order chi connectivity index (χ1) is 9.88. The van der Waals surface area contributed by atoms with Crippen LogP contribution in [-0.4, -0.2) is 46.9 Å². The van der Waals surface area contributed by atoms with Gasteiger partial charge in [-0.05, 0) is 26.7 Å². The van der Waals surface area contributed by atoms with Gasteiger partial charge >= 0.3 is 5.97 Å². The molecular formula is C15H24N2O4. The molecule has 2 rings (SSSR count). The molecule has 3 unspecified atom stereocenters. The van der Waals surface area contributed by atoms with E-state index in [1.165, 1.54) is 0 Å². The van der Waals surface area contributed by atoms with Crippen molar-refractivity contribution in [1.82, 2.24) is 10.2 Å². The lowest BCUT2D eigenvalue weighted by molar-refractivity contribution is -0.152. The minimum Gasteiger partial charge on any atom is -0.481 e. The van der Waals surface area contributed by atoms with E-state index >= 15 is 0 Å². The maximum Gasteiger partial charge on any atom is 0.311 e. The smallest absolute Gasteiger partial charge is 0.311 e. The number of hydrogen-bond acceptors (Lipinski definition) is 3. The van der Waals surface area contributed by atoms with Crippen molar-refractivity contribution in [2.45, 2.75) is 52.0 Å². The highest BCUT2D eigenvalue weighted by Gasteiger charge is 2.45. The molecule has 1 saturated heterocycles. The van der Waals surface area contributed by atoms with E-state index in [0.29, 0.717) is 25.9 Å². The number of aliphatic carboxylic acids is 1. The van der Waals surface area contributed by atoms with E-state index in [-0.39, 0.29) is 30.2 Å². The van der Waals surface area contributed by atoms with Gasteiger partial charge in [-0.3, -0.25) is 14.4 Å². The zero-order valence-corrected chi connectivity index (χ0v) is 12.7. The number of carbonyl (C=O) groups is 3. The van der Waals surface area contributed by atoms with Crippen LogP contribution in [0.25, 0.3) is 0 Å². The minimum absolute atomic E-state index is 0.00212. The highest BCUT2D eigenvalue weighted by molar-refractivity contribution is 5.89. The number of nitrogens with zero attached hydrogens (tertiary/aromatic N) is 1. The van der Waals surface area contributed by atoms with Gasteiger partial charge in [0, 0.05) is 25.6 Å². The van der Waals surface area contributed by atoms with Gasteiger partial charge in [0.25, 0.3) is 0 Å². The van der Waals surface area contributed by atoms with Crippen LogP contribution in [-0.2, 0) is 14.4 Å². The molecule has 1 aliphatic heterocycles. The molecule has 0 aromatic carbocycles. The Labute approximate surface area is 124 Å². The Bertz CT molecular complexity index is 451. The topological polar surface area (TPSA) is 86.7 Å². The van der Waals surface area contributed by atoms with Crippen molar-refractivity contribution in [3.63, 3.8) is 0 Å². The molecule has 0 aromatic rings. The molecule has 6 heteroatoms. The molecule has 2 fully saturated rings. The Hall–Kier alpha value is -1.59. The molecule has 0 aromatic heterocycles. The summed E-state index contributed by atoms with van der Waals surface area (Å²) in [5.74, 6) is -1.39. The third-order valence-electron chi connectivity index (χ3n) is 4.98. The van der Waals surface area contributed by atoms with Crippen molar-refractivity contribution in [3.8, 4) is 0 Å². The number of hydrogen-bond donors (Lipinski definition) is 2. The van der Waals surface area contributed by atoms with Gasteiger partial charge in [-0.25, -0.2) is 0 Å². The van der Waals surface area contributed by atoms with Crippen LogP contribution in [0.1, 0.15) is 46.0 Å². The molecule has 1 heterocycles. The van der Waals surface area contributed by atoms with Crippen LogP contribution in [0.15, 0.2) is 0 Å². The number of carbonyl (C=O) groups excluding carboxylic acids is 2. The number of rotatable bonds is 4.